The van der Waals surface area contributed by atoms with Crippen LogP contribution in [0.1, 0.15) is 30.9 Å². The van der Waals surface area contributed by atoms with Gasteiger partial charge in [-0.2, -0.15) is 0 Å². The van der Waals surface area contributed by atoms with Crippen LogP contribution in [0.25, 0.3) is 0 Å². The van der Waals surface area contributed by atoms with Crippen LogP contribution in [0.4, 0.5) is 4.39 Å². The van der Waals surface area contributed by atoms with Crippen LogP contribution in [0.15, 0.2) is 24.3 Å². The van der Waals surface area contributed by atoms with Gasteiger partial charge in [0.05, 0.1) is 0 Å². The highest BCUT2D eigenvalue weighted by Gasteiger charge is 2.13. The number of hydrogen-bond donors (Lipinski definition) is 1. The van der Waals surface area contributed by atoms with Crippen LogP contribution in [-0.2, 0) is 0 Å². The normalized spacial score (nSPS) is 17.5. The average molecular weight is 293 g/mol. The summed E-state index contributed by atoms with van der Waals surface area (Å²) in [6.07, 6.45) is 3.75. The van der Waals surface area contributed by atoms with Crippen molar-refractivity contribution in [3.05, 3.63) is 35.6 Å². The molecule has 1 N–H and O–H groups in total. The number of hydrogen-bond acceptors (Lipinski definition) is 3. The van der Waals surface area contributed by atoms with Crippen molar-refractivity contribution in [1.82, 2.24) is 15.1 Å². The van der Waals surface area contributed by atoms with Gasteiger partial charge in [0.1, 0.15) is 5.82 Å². The van der Waals surface area contributed by atoms with Gasteiger partial charge < -0.3 is 15.1 Å². The number of nitrogens with one attached hydrogen (secondary N) is 1. The molecule has 0 spiro atoms. The molecule has 0 aliphatic carbocycles. The number of rotatable bonds is 8. The molecule has 0 saturated carbocycles. The zero-order valence-electron chi connectivity index (χ0n) is 13.3. The summed E-state index contributed by atoms with van der Waals surface area (Å²) in [4.78, 5) is 4.94. The summed E-state index contributed by atoms with van der Waals surface area (Å²) in [5, 5.41) is 3.33. The molecule has 118 valence electrons. The van der Waals surface area contributed by atoms with E-state index in [0.29, 0.717) is 6.04 Å². The van der Waals surface area contributed by atoms with Crippen molar-refractivity contribution in [2.24, 2.45) is 0 Å². The Hall–Kier alpha value is -0.970. The lowest BCUT2D eigenvalue weighted by atomic mass is 10.0. The Morgan fingerprint density at radius 2 is 1.86 bits per heavy atom. The van der Waals surface area contributed by atoms with E-state index < -0.39 is 0 Å². The third-order valence-corrected chi connectivity index (χ3v) is 4.42. The highest BCUT2D eigenvalue weighted by atomic mass is 19.1. The van der Waals surface area contributed by atoms with Gasteiger partial charge in [-0.3, -0.25) is 0 Å². The molecular formula is C17H28FN3. The lowest BCUT2D eigenvalue weighted by molar-refractivity contribution is 0.249. The summed E-state index contributed by atoms with van der Waals surface area (Å²) in [5.41, 5.74) is 1.16. The van der Waals surface area contributed by atoms with Crippen LogP contribution in [0.5, 0.6) is 0 Å². The van der Waals surface area contributed by atoms with Gasteiger partial charge in [-0.05, 0) is 70.7 Å². The number of likely N-dealkylation sites (tertiary alicyclic amines) is 1. The number of benzene rings is 1. The fourth-order valence-electron chi connectivity index (χ4n) is 2.95. The van der Waals surface area contributed by atoms with Crippen molar-refractivity contribution in [3.8, 4) is 0 Å². The van der Waals surface area contributed by atoms with Crippen LogP contribution in [-0.4, -0.2) is 56.6 Å². The Labute approximate surface area is 128 Å². The molecule has 1 heterocycles. The Kier molecular flexibility index (Phi) is 6.61. The number of nitrogens with zero attached hydrogens (tertiary/aromatic N) is 2. The first-order valence-corrected chi connectivity index (χ1v) is 8.02. The maximum Gasteiger partial charge on any atom is 0.123 e. The van der Waals surface area contributed by atoms with Gasteiger partial charge in [-0.15, -0.1) is 0 Å². The quantitative estimate of drug-likeness (QED) is 0.794. The van der Waals surface area contributed by atoms with Crippen LogP contribution >= 0.6 is 0 Å². The molecule has 1 saturated heterocycles. The molecule has 1 atom stereocenters. The van der Waals surface area contributed by atoms with Gasteiger partial charge in [0.25, 0.3) is 0 Å². The van der Waals surface area contributed by atoms with E-state index in [1.807, 2.05) is 19.2 Å². The summed E-state index contributed by atoms with van der Waals surface area (Å²) >= 11 is 0. The number of likely N-dealkylation sites (N-methyl/N-ethyl adjacent to an activating group) is 1. The van der Waals surface area contributed by atoms with Gasteiger partial charge in [0, 0.05) is 19.1 Å². The minimum atomic E-state index is -0.170. The number of halogens is 1. The molecular weight excluding hydrogens is 265 g/mol. The molecule has 1 aromatic rings. The zero-order chi connectivity index (χ0) is 15.1. The van der Waals surface area contributed by atoms with Crippen molar-refractivity contribution in [2.75, 3.05) is 46.8 Å². The van der Waals surface area contributed by atoms with Crippen molar-refractivity contribution in [3.63, 3.8) is 0 Å². The lowest BCUT2D eigenvalue weighted by Gasteiger charge is -2.24. The molecule has 4 heteroatoms. The molecule has 0 amide bonds. The molecule has 0 radical (unpaired) electrons. The van der Waals surface area contributed by atoms with Crippen LogP contribution < -0.4 is 5.32 Å². The van der Waals surface area contributed by atoms with E-state index in [1.165, 1.54) is 44.6 Å². The van der Waals surface area contributed by atoms with E-state index in [9.17, 15) is 4.39 Å². The highest BCUT2D eigenvalue weighted by Crippen LogP contribution is 2.17. The monoisotopic (exact) mass is 293 g/mol. The molecule has 1 aromatic carbocycles. The SMILES string of the molecule is CNC(CCN(C)CCN1CCCC1)c1ccc(F)cc1. The first-order valence-electron chi connectivity index (χ1n) is 8.02. The molecule has 1 fully saturated rings. The standard InChI is InChI=1S/C17H28FN3/c1-19-17(15-5-7-16(18)8-6-15)9-12-20(2)13-14-21-10-3-4-11-21/h5-8,17,19H,3-4,9-14H2,1-2H3. The Morgan fingerprint density at radius 3 is 2.48 bits per heavy atom. The van der Waals surface area contributed by atoms with Crippen LogP contribution in [0.3, 0.4) is 0 Å². The summed E-state index contributed by atoms with van der Waals surface area (Å²) in [6, 6.07) is 7.12. The smallest absolute Gasteiger partial charge is 0.123 e. The Balaban J connectivity index is 1.72. The van der Waals surface area contributed by atoms with Gasteiger partial charge >= 0.3 is 0 Å². The van der Waals surface area contributed by atoms with Crippen LogP contribution in [0.2, 0.25) is 0 Å². The molecule has 21 heavy (non-hydrogen) atoms. The van der Waals surface area contributed by atoms with Gasteiger partial charge in [0.2, 0.25) is 0 Å². The summed E-state index contributed by atoms with van der Waals surface area (Å²) in [5.74, 6) is -0.170. The molecule has 1 unspecified atom stereocenters. The van der Waals surface area contributed by atoms with Gasteiger partial charge in [-0.25, -0.2) is 4.39 Å². The molecule has 1 aliphatic heterocycles. The topological polar surface area (TPSA) is 18.5 Å². The zero-order valence-corrected chi connectivity index (χ0v) is 13.3. The summed E-state index contributed by atoms with van der Waals surface area (Å²) < 4.78 is 13.0. The summed E-state index contributed by atoms with van der Waals surface area (Å²) in [7, 11) is 4.16. The fourth-order valence-corrected chi connectivity index (χ4v) is 2.95. The third kappa shape index (κ3) is 5.38. The lowest BCUT2D eigenvalue weighted by Crippen LogP contribution is -2.33. The van der Waals surface area contributed by atoms with E-state index in [-0.39, 0.29) is 5.82 Å². The van der Waals surface area contributed by atoms with Gasteiger partial charge in [-0.1, -0.05) is 12.1 Å². The minimum Gasteiger partial charge on any atom is -0.313 e. The van der Waals surface area contributed by atoms with Gasteiger partial charge in [0.15, 0.2) is 0 Å². The third-order valence-electron chi connectivity index (χ3n) is 4.42. The molecule has 3 nitrogen and oxygen atoms in total. The van der Waals surface area contributed by atoms with Crippen molar-refractivity contribution >= 4 is 0 Å². The van der Waals surface area contributed by atoms with Crippen molar-refractivity contribution < 1.29 is 4.39 Å². The fraction of sp³-hybridized carbons (Fsp3) is 0.647. The van der Waals surface area contributed by atoms with E-state index in [0.717, 1.165) is 25.1 Å². The van der Waals surface area contributed by atoms with Crippen molar-refractivity contribution in [1.29, 1.82) is 0 Å². The van der Waals surface area contributed by atoms with E-state index in [2.05, 4.69) is 22.2 Å². The maximum atomic E-state index is 13.0. The molecule has 1 aliphatic rings. The van der Waals surface area contributed by atoms with Crippen LogP contribution in [0, 0.1) is 5.82 Å². The second kappa shape index (κ2) is 8.47. The highest BCUT2D eigenvalue weighted by molar-refractivity contribution is 5.19. The Morgan fingerprint density at radius 1 is 1.19 bits per heavy atom. The second-order valence-corrected chi connectivity index (χ2v) is 6.03. The van der Waals surface area contributed by atoms with E-state index >= 15 is 0 Å². The summed E-state index contributed by atoms with van der Waals surface area (Å²) in [6.45, 7) is 5.89. The Bertz CT molecular complexity index is 401. The maximum absolute atomic E-state index is 13.0. The van der Waals surface area contributed by atoms with E-state index in [4.69, 9.17) is 0 Å². The molecule has 2 rings (SSSR count). The first kappa shape index (κ1) is 16.4. The first-order chi connectivity index (χ1) is 10.2. The largest absolute Gasteiger partial charge is 0.313 e. The average Bonchev–Trinajstić information content (AvgIpc) is 3.01. The predicted octanol–water partition coefficient (Wildman–Crippen LogP) is 2.50. The van der Waals surface area contributed by atoms with Crippen molar-refractivity contribution in [2.45, 2.75) is 25.3 Å². The molecule has 0 aromatic heterocycles. The molecule has 0 bridgehead atoms. The minimum absolute atomic E-state index is 0.170. The second-order valence-electron chi connectivity index (χ2n) is 6.03. The predicted molar refractivity (Wildman–Crippen MR) is 86.0 cm³/mol. The van der Waals surface area contributed by atoms with E-state index in [1.54, 1.807) is 0 Å².